The van der Waals surface area contributed by atoms with Crippen molar-refractivity contribution in [3.05, 3.63) is 90.1 Å². The Hall–Kier alpha value is -3.67. The standard InChI is InChI=1S/C22H20N4O2/c1-16-23-21(25-28-16)18-9-5-10-19(15-18)24-22(27)20-11-6-13-26(20)14-12-17-7-3-2-4-8-17/h2-11,13,15H,12,14H2,1H3,(H,24,27). The Kier molecular flexibility index (Phi) is 5.01. The predicted octanol–water partition coefficient (Wildman–Crippen LogP) is 4.34. The normalized spacial score (nSPS) is 10.8. The molecule has 0 atom stereocenters. The molecule has 2 aromatic heterocycles. The van der Waals surface area contributed by atoms with E-state index in [9.17, 15) is 4.79 Å². The second kappa shape index (κ2) is 7.92. The molecule has 1 amide bonds. The lowest BCUT2D eigenvalue weighted by atomic mass is 10.1. The molecule has 140 valence electrons. The van der Waals surface area contributed by atoms with E-state index in [1.54, 1.807) is 6.92 Å². The fourth-order valence-corrected chi connectivity index (χ4v) is 3.06. The Morgan fingerprint density at radius 2 is 1.93 bits per heavy atom. The van der Waals surface area contributed by atoms with Gasteiger partial charge in [0.05, 0.1) is 0 Å². The quantitative estimate of drug-likeness (QED) is 0.546. The van der Waals surface area contributed by atoms with Crippen molar-refractivity contribution in [3.8, 4) is 11.4 Å². The van der Waals surface area contributed by atoms with Crippen molar-refractivity contribution in [1.82, 2.24) is 14.7 Å². The highest BCUT2D eigenvalue weighted by Gasteiger charge is 2.12. The summed E-state index contributed by atoms with van der Waals surface area (Å²) in [5.41, 5.74) is 3.33. The van der Waals surface area contributed by atoms with Crippen LogP contribution in [0, 0.1) is 6.92 Å². The van der Waals surface area contributed by atoms with E-state index in [1.807, 2.05) is 65.4 Å². The smallest absolute Gasteiger partial charge is 0.272 e. The van der Waals surface area contributed by atoms with Crippen LogP contribution in [-0.4, -0.2) is 20.6 Å². The van der Waals surface area contributed by atoms with Crippen molar-refractivity contribution in [2.24, 2.45) is 0 Å². The van der Waals surface area contributed by atoms with Gasteiger partial charge in [-0.25, -0.2) is 0 Å². The van der Waals surface area contributed by atoms with E-state index in [0.29, 0.717) is 23.1 Å². The van der Waals surface area contributed by atoms with Gasteiger partial charge in [0.15, 0.2) is 0 Å². The molecule has 28 heavy (non-hydrogen) atoms. The number of aryl methyl sites for hydroxylation is 3. The first kappa shape index (κ1) is 17.7. The van der Waals surface area contributed by atoms with E-state index in [4.69, 9.17) is 4.52 Å². The molecule has 0 aliphatic heterocycles. The van der Waals surface area contributed by atoms with Gasteiger partial charge in [-0.05, 0) is 36.2 Å². The number of aromatic nitrogens is 3. The van der Waals surface area contributed by atoms with Crippen LogP contribution in [0.2, 0.25) is 0 Å². The summed E-state index contributed by atoms with van der Waals surface area (Å²) in [4.78, 5) is 17.0. The topological polar surface area (TPSA) is 73.0 Å². The number of hydrogen-bond acceptors (Lipinski definition) is 4. The minimum atomic E-state index is -0.153. The molecule has 0 spiro atoms. The van der Waals surface area contributed by atoms with Crippen LogP contribution in [0.1, 0.15) is 21.9 Å². The zero-order chi connectivity index (χ0) is 19.3. The number of hydrogen-bond donors (Lipinski definition) is 1. The lowest BCUT2D eigenvalue weighted by Gasteiger charge is -2.10. The van der Waals surface area contributed by atoms with Crippen molar-refractivity contribution in [3.63, 3.8) is 0 Å². The average molecular weight is 372 g/mol. The van der Waals surface area contributed by atoms with E-state index in [-0.39, 0.29) is 5.91 Å². The summed E-state index contributed by atoms with van der Waals surface area (Å²) < 4.78 is 6.99. The van der Waals surface area contributed by atoms with Crippen LogP contribution in [0.25, 0.3) is 11.4 Å². The molecule has 6 nitrogen and oxygen atoms in total. The van der Waals surface area contributed by atoms with Gasteiger partial charge in [-0.3, -0.25) is 4.79 Å². The van der Waals surface area contributed by atoms with Gasteiger partial charge in [0.2, 0.25) is 11.7 Å². The van der Waals surface area contributed by atoms with Gasteiger partial charge in [-0.15, -0.1) is 0 Å². The molecule has 0 radical (unpaired) electrons. The maximum atomic E-state index is 12.8. The van der Waals surface area contributed by atoms with Crippen LogP contribution in [0.3, 0.4) is 0 Å². The van der Waals surface area contributed by atoms with Crippen LogP contribution in [0.4, 0.5) is 5.69 Å². The number of anilines is 1. The van der Waals surface area contributed by atoms with E-state index in [0.717, 1.165) is 18.5 Å². The average Bonchev–Trinajstić information content (AvgIpc) is 3.36. The van der Waals surface area contributed by atoms with Crippen molar-refractivity contribution in [2.45, 2.75) is 19.9 Å². The third-order valence-electron chi connectivity index (χ3n) is 4.45. The molecule has 4 aromatic rings. The fourth-order valence-electron chi connectivity index (χ4n) is 3.06. The zero-order valence-corrected chi connectivity index (χ0v) is 15.5. The number of carbonyl (C=O) groups is 1. The maximum absolute atomic E-state index is 12.8. The lowest BCUT2D eigenvalue weighted by Crippen LogP contribution is -2.17. The largest absolute Gasteiger partial charge is 0.343 e. The molecule has 0 fully saturated rings. The van der Waals surface area contributed by atoms with Crippen LogP contribution < -0.4 is 5.32 Å². The highest BCUT2D eigenvalue weighted by Crippen LogP contribution is 2.20. The number of amides is 1. The van der Waals surface area contributed by atoms with E-state index < -0.39 is 0 Å². The maximum Gasteiger partial charge on any atom is 0.272 e. The SMILES string of the molecule is Cc1nc(-c2cccc(NC(=O)c3cccn3CCc3ccccc3)c2)no1. The van der Waals surface area contributed by atoms with Gasteiger partial charge < -0.3 is 14.4 Å². The van der Waals surface area contributed by atoms with Gasteiger partial charge in [0, 0.05) is 30.9 Å². The Balaban J connectivity index is 1.47. The summed E-state index contributed by atoms with van der Waals surface area (Å²) in [6.45, 7) is 2.48. The molecule has 0 aliphatic rings. The molecule has 0 aliphatic carbocycles. The first-order valence-corrected chi connectivity index (χ1v) is 9.10. The van der Waals surface area contributed by atoms with Gasteiger partial charge in [0.25, 0.3) is 5.91 Å². The van der Waals surface area contributed by atoms with Gasteiger partial charge >= 0.3 is 0 Å². The molecule has 2 heterocycles. The number of benzene rings is 2. The summed E-state index contributed by atoms with van der Waals surface area (Å²) in [6.07, 6.45) is 2.79. The van der Waals surface area contributed by atoms with E-state index >= 15 is 0 Å². The fraction of sp³-hybridized carbons (Fsp3) is 0.136. The molecule has 1 N–H and O–H groups in total. The second-order valence-corrected chi connectivity index (χ2v) is 6.49. The highest BCUT2D eigenvalue weighted by atomic mass is 16.5. The molecule has 6 heteroatoms. The molecule has 0 bridgehead atoms. The number of nitrogens with zero attached hydrogens (tertiary/aromatic N) is 3. The summed E-state index contributed by atoms with van der Waals surface area (Å²) in [5.74, 6) is 0.847. The van der Waals surface area contributed by atoms with Crippen LogP contribution in [0.15, 0.2) is 77.4 Å². The molecular weight excluding hydrogens is 352 g/mol. The predicted molar refractivity (Wildman–Crippen MR) is 107 cm³/mol. The Bertz CT molecular complexity index is 1080. The van der Waals surface area contributed by atoms with E-state index in [2.05, 4.69) is 27.6 Å². The van der Waals surface area contributed by atoms with Crippen molar-refractivity contribution < 1.29 is 9.32 Å². The third-order valence-corrected chi connectivity index (χ3v) is 4.45. The Morgan fingerprint density at radius 3 is 2.71 bits per heavy atom. The Morgan fingerprint density at radius 1 is 1.07 bits per heavy atom. The third kappa shape index (κ3) is 4.01. The van der Waals surface area contributed by atoms with Gasteiger partial charge in [-0.2, -0.15) is 4.98 Å². The zero-order valence-electron chi connectivity index (χ0n) is 15.5. The molecule has 2 aromatic carbocycles. The summed E-state index contributed by atoms with van der Waals surface area (Å²) in [5, 5.41) is 6.87. The van der Waals surface area contributed by atoms with E-state index in [1.165, 1.54) is 5.56 Å². The number of rotatable bonds is 6. The molecule has 4 rings (SSSR count). The molecular formula is C22H20N4O2. The molecule has 0 saturated heterocycles. The van der Waals surface area contributed by atoms with Crippen molar-refractivity contribution in [2.75, 3.05) is 5.32 Å². The van der Waals surface area contributed by atoms with Crippen molar-refractivity contribution >= 4 is 11.6 Å². The van der Waals surface area contributed by atoms with Gasteiger partial charge in [0.1, 0.15) is 5.69 Å². The number of nitrogens with one attached hydrogen (secondary N) is 1. The second-order valence-electron chi connectivity index (χ2n) is 6.49. The minimum Gasteiger partial charge on any atom is -0.343 e. The van der Waals surface area contributed by atoms with Crippen LogP contribution in [0.5, 0.6) is 0 Å². The molecule has 0 saturated carbocycles. The number of carbonyl (C=O) groups excluding carboxylic acids is 1. The summed E-state index contributed by atoms with van der Waals surface area (Å²) >= 11 is 0. The summed E-state index contributed by atoms with van der Waals surface area (Å²) in [7, 11) is 0. The van der Waals surface area contributed by atoms with Gasteiger partial charge in [-0.1, -0.05) is 47.6 Å². The minimum absolute atomic E-state index is 0.153. The monoisotopic (exact) mass is 372 g/mol. The lowest BCUT2D eigenvalue weighted by molar-refractivity contribution is 0.101. The molecule has 0 unspecified atom stereocenters. The Labute approximate surface area is 162 Å². The summed E-state index contributed by atoms with van der Waals surface area (Å²) in [6, 6.07) is 21.3. The van der Waals surface area contributed by atoms with Crippen molar-refractivity contribution in [1.29, 1.82) is 0 Å². The van der Waals surface area contributed by atoms with Crippen LogP contribution in [-0.2, 0) is 13.0 Å². The first-order valence-electron chi connectivity index (χ1n) is 9.10. The first-order chi connectivity index (χ1) is 13.7. The van der Waals surface area contributed by atoms with Crippen LogP contribution >= 0.6 is 0 Å². The highest BCUT2D eigenvalue weighted by molar-refractivity contribution is 6.03.